The van der Waals surface area contributed by atoms with E-state index in [1.807, 2.05) is 6.08 Å². The van der Waals surface area contributed by atoms with Crippen LogP contribution in [0.2, 0.25) is 0 Å². The van der Waals surface area contributed by atoms with Gasteiger partial charge in [-0.2, -0.15) is 8.42 Å². The standard InChI is InChI=1S/C9H14O3S/c1-9(2)6-4-8(5-7-9)13(10,11)12-3/h4-6H,7H2,1-3H3. The molecule has 0 amide bonds. The molecule has 0 aromatic heterocycles. The van der Waals surface area contributed by atoms with Gasteiger partial charge in [-0.1, -0.05) is 26.0 Å². The molecule has 0 bridgehead atoms. The maximum atomic E-state index is 11.2. The monoisotopic (exact) mass is 202 g/mol. The molecule has 0 N–H and O–H groups in total. The minimum Gasteiger partial charge on any atom is -0.270 e. The molecular formula is C9H14O3S. The highest BCUT2D eigenvalue weighted by molar-refractivity contribution is 7.90. The van der Waals surface area contributed by atoms with Crippen molar-refractivity contribution in [2.75, 3.05) is 7.11 Å². The van der Waals surface area contributed by atoms with E-state index in [9.17, 15) is 8.42 Å². The SMILES string of the molecule is COS(=O)(=O)C1=CCC(C)(C)C=C1. The van der Waals surface area contributed by atoms with Gasteiger partial charge in [0.2, 0.25) is 0 Å². The highest BCUT2D eigenvalue weighted by Gasteiger charge is 2.22. The van der Waals surface area contributed by atoms with Gasteiger partial charge in [-0.25, -0.2) is 0 Å². The molecule has 13 heavy (non-hydrogen) atoms. The maximum absolute atomic E-state index is 11.2. The van der Waals surface area contributed by atoms with Crippen molar-refractivity contribution in [2.24, 2.45) is 5.41 Å². The van der Waals surface area contributed by atoms with Crippen LogP contribution in [-0.4, -0.2) is 15.5 Å². The van der Waals surface area contributed by atoms with Crippen molar-refractivity contribution < 1.29 is 12.6 Å². The predicted molar refractivity (Wildman–Crippen MR) is 51.5 cm³/mol. The van der Waals surface area contributed by atoms with Crippen LogP contribution in [0.4, 0.5) is 0 Å². The van der Waals surface area contributed by atoms with Gasteiger partial charge in [0.25, 0.3) is 10.1 Å². The van der Waals surface area contributed by atoms with Crippen LogP contribution in [0.25, 0.3) is 0 Å². The lowest BCUT2D eigenvalue weighted by molar-refractivity contribution is 0.403. The molecule has 0 aromatic rings. The zero-order valence-electron chi connectivity index (χ0n) is 8.07. The molecule has 1 rings (SSSR count). The second-order valence-corrected chi connectivity index (χ2v) is 5.47. The van der Waals surface area contributed by atoms with E-state index in [1.165, 1.54) is 7.11 Å². The zero-order chi connectivity index (χ0) is 10.1. The van der Waals surface area contributed by atoms with Gasteiger partial charge in [0, 0.05) is 0 Å². The Balaban J connectivity index is 2.92. The second kappa shape index (κ2) is 3.27. The highest BCUT2D eigenvalue weighted by Crippen LogP contribution is 2.30. The Bertz CT molecular complexity index is 347. The molecule has 0 unspecified atom stereocenters. The van der Waals surface area contributed by atoms with Gasteiger partial charge in [-0.15, -0.1) is 0 Å². The predicted octanol–water partition coefficient (Wildman–Crippen LogP) is 1.83. The molecular weight excluding hydrogens is 188 g/mol. The van der Waals surface area contributed by atoms with Crippen LogP contribution >= 0.6 is 0 Å². The van der Waals surface area contributed by atoms with Crippen LogP contribution in [0, 0.1) is 5.41 Å². The summed E-state index contributed by atoms with van der Waals surface area (Å²) in [6, 6.07) is 0. The molecule has 4 heteroatoms. The summed E-state index contributed by atoms with van der Waals surface area (Å²) < 4.78 is 26.8. The third-order valence-electron chi connectivity index (χ3n) is 2.04. The number of rotatable bonds is 2. The molecule has 1 aliphatic rings. The first kappa shape index (κ1) is 10.5. The third-order valence-corrected chi connectivity index (χ3v) is 3.36. The van der Waals surface area contributed by atoms with Crippen LogP contribution in [-0.2, 0) is 14.3 Å². The molecule has 0 saturated heterocycles. The van der Waals surface area contributed by atoms with Gasteiger partial charge in [-0.05, 0) is 17.9 Å². The van der Waals surface area contributed by atoms with Crippen molar-refractivity contribution in [3.8, 4) is 0 Å². The van der Waals surface area contributed by atoms with Crippen molar-refractivity contribution >= 4 is 10.1 Å². The summed E-state index contributed by atoms with van der Waals surface area (Å²) in [6.07, 6.45) is 5.90. The molecule has 0 spiro atoms. The molecule has 0 atom stereocenters. The summed E-state index contributed by atoms with van der Waals surface area (Å²) in [6.45, 7) is 4.10. The maximum Gasteiger partial charge on any atom is 0.296 e. The van der Waals surface area contributed by atoms with E-state index < -0.39 is 10.1 Å². The lowest BCUT2D eigenvalue weighted by Crippen LogP contribution is -2.13. The third kappa shape index (κ3) is 2.42. The second-order valence-electron chi connectivity index (χ2n) is 3.75. The van der Waals surface area contributed by atoms with Crippen LogP contribution in [0.1, 0.15) is 20.3 Å². The van der Waals surface area contributed by atoms with Crippen molar-refractivity contribution in [1.29, 1.82) is 0 Å². The summed E-state index contributed by atoms with van der Waals surface area (Å²) in [4.78, 5) is 0.259. The van der Waals surface area contributed by atoms with E-state index in [4.69, 9.17) is 0 Å². The van der Waals surface area contributed by atoms with E-state index in [1.54, 1.807) is 12.2 Å². The van der Waals surface area contributed by atoms with E-state index in [0.29, 0.717) is 0 Å². The lowest BCUT2D eigenvalue weighted by Gasteiger charge is -2.21. The normalized spacial score (nSPS) is 21.3. The quantitative estimate of drug-likeness (QED) is 0.642. The fraction of sp³-hybridized carbons (Fsp3) is 0.556. The summed E-state index contributed by atoms with van der Waals surface area (Å²) in [7, 11) is -2.33. The lowest BCUT2D eigenvalue weighted by atomic mass is 9.86. The van der Waals surface area contributed by atoms with E-state index in [0.717, 1.165) is 6.42 Å². The topological polar surface area (TPSA) is 43.4 Å². The first-order chi connectivity index (χ1) is 5.87. The molecule has 1 aliphatic carbocycles. The van der Waals surface area contributed by atoms with Crippen LogP contribution in [0.15, 0.2) is 23.1 Å². The van der Waals surface area contributed by atoms with E-state index in [2.05, 4.69) is 18.0 Å². The number of hydrogen-bond acceptors (Lipinski definition) is 3. The van der Waals surface area contributed by atoms with Crippen LogP contribution in [0.3, 0.4) is 0 Å². The van der Waals surface area contributed by atoms with Crippen molar-refractivity contribution in [2.45, 2.75) is 20.3 Å². The Morgan fingerprint density at radius 2 is 2.08 bits per heavy atom. The van der Waals surface area contributed by atoms with Crippen molar-refractivity contribution in [3.05, 3.63) is 23.1 Å². The summed E-state index contributed by atoms with van der Waals surface area (Å²) in [5, 5.41) is 0. The van der Waals surface area contributed by atoms with Gasteiger partial charge < -0.3 is 0 Å². The van der Waals surface area contributed by atoms with Crippen LogP contribution in [0.5, 0.6) is 0 Å². The average Bonchev–Trinajstić information content (AvgIpc) is 2.04. The first-order valence-electron chi connectivity index (χ1n) is 4.07. The van der Waals surface area contributed by atoms with E-state index in [-0.39, 0.29) is 10.3 Å². The molecule has 0 fully saturated rings. The molecule has 0 aliphatic heterocycles. The average molecular weight is 202 g/mol. The minimum atomic E-state index is -3.50. The van der Waals surface area contributed by atoms with Crippen LogP contribution < -0.4 is 0 Å². The van der Waals surface area contributed by atoms with Crippen molar-refractivity contribution in [3.63, 3.8) is 0 Å². The summed E-state index contributed by atoms with van der Waals surface area (Å²) >= 11 is 0. The van der Waals surface area contributed by atoms with E-state index >= 15 is 0 Å². The minimum absolute atomic E-state index is 0.0484. The summed E-state index contributed by atoms with van der Waals surface area (Å²) in [5.41, 5.74) is 0.0484. The van der Waals surface area contributed by atoms with Gasteiger partial charge in [0.15, 0.2) is 0 Å². The zero-order valence-corrected chi connectivity index (χ0v) is 8.89. The summed E-state index contributed by atoms with van der Waals surface area (Å²) in [5.74, 6) is 0. The fourth-order valence-corrected chi connectivity index (χ4v) is 1.80. The molecule has 0 radical (unpaired) electrons. The molecule has 0 heterocycles. The van der Waals surface area contributed by atoms with Gasteiger partial charge in [0.05, 0.1) is 12.0 Å². The fourth-order valence-electron chi connectivity index (χ4n) is 1.09. The Morgan fingerprint density at radius 1 is 1.46 bits per heavy atom. The Morgan fingerprint density at radius 3 is 2.46 bits per heavy atom. The molecule has 3 nitrogen and oxygen atoms in total. The highest BCUT2D eigenvalue weighted by atomic mass is 32.2. The molecule has 0 saturated carbocycles. The van der Waals surface area contributed by atoms with Gasteiger partial charge in [0.1, 0.15) is 0 Å². The molecule has 0 aromatic carbocycles. The molecule has 74 valence electrons. The Labute approximate surface area is 79.2 Å². The number of allylic oxidation sites excluding steroid dienone is 3. The first-order valence-corrected chi connectivity index (χ1v) is 5.48. The smallest absolute Gasteiger partial charge is 0.270 e. The van der Waals surface area contributed by atoms with Crippen molar-refractivity contribution in [1.82, 2.24) is 0 Å². The van der Waals surface area contributed by atoms with Gasteiger partial charge in [-0.3, -0.25) is 4.18 Å². The Hall–Kier alpha value is -0.610. The number of hydrogen-bond donors (Lipinski definition) is 0. The largest absolute Gasteiger partial charge is 0.296 e. The van der Waals surface area contributed by atoms with Gasteiger partial charge >= 0.3 is 0 Å². The Kier molecular flexibility index (Phi) is 2.63.